The van der Waals surface area contributed by atoms with E-state index in [1.807, 2.05) is 13.0 Å². The van der Waals surface area contributed by atoms with Crippen molar-refractivity contribution in [2.45, 2.75) is 6.92 Å². The third-order valence-corrected chi connectivity index (χ3v) is 3.24. The highest BCUT2D eigenvalue weighted by Crippen LogP contribution is 2.21. The summed E-state index contributed by atoms with van der Waals surface area (Å²) in [6.45, 7) is 1.85. The molecule has 1 heterocycles. The molecule has 1 aromatic carbocycles. The zero-order valence-electron chi connectivity index (χ0n) is 11.6. The van der Waals surface area contributed by atoms with Gasteiger partial charge in [0.1, 0.15) is 5.82 Å². The van der Waals surface area contributed by atoms with Gasteiger partial charge in [0.25, 0.3) is 5.91 Å². The molecule has 2 N–H and O–H groups in total. The number of anilines is 2. The first-order valence-electron chi connectivity index (χ1n) is 6.20. The zero-order chi connectivity index (χ0) is 15.4. The molecule has 5 nitrogen and oxygen atoms in total. The predicted molar refractivity (Wildman–Crippen MR) is 82.6 cm³/mol. The van der Waals surface area contributed by atoms with E-state index in [1.54, 1.807) is 31.3 Å². The average molecular weight is 301 g/mol. The van der Waals surface area contributed by atoms with Crippen LogP contribution in [0.15, 0.2) is 30.5 Å². The van der Waals surface area contributed by atoms with Gasteiger partial charge in [0.05, 0.1) is 22.2 Å². The summed E-state index contributed by atoms with van der Waals surface area (Å²) >= 11 is 6.01. The second-order valence-corrected chi connectivity index (χ2v) is 4.81. The molecule has 0 fully saturated rings. The topological polar surface area (TPSA) is 77.8 Å². The summed E-state index contributed by atoms with van der Waals surface area (Å²) < 4.78 is 0. The molecule has 2 rings (SSSR count). The van der Waals surface area contributed by atoms with Crippen LogP contribution in [0.25, 0.3) is 0 Å². The van der Waals surface area contributed by atoms with E-state index in [4.69, 9.17) is 16.9 Å². The number of carbonyl (C=O) groups excluding carboxylic acids is 1. The van der Waals surface area contributed by atoms with Gasteiger partial charge in [-0.25, -0.2) is 4.98 Å². The number of hydrogen-bond donors (Lipinski definition) is 2. The molecule has 0 saturated heterocycles. The fourth-order valence-corrected chi connectivity index (χ4v) is 2.03. The van der Waals surface area contributed by atoms with Gasteiger partial charge < -0.3 is 10.6 Å². The smallest absolute Gasteiger partial charge is 0.257 e. The molecule has 0 aliphatic heterocycles. The van der Waals surface area contributed by atoms with Crippen molar-refractivity contribution in [1.29, 1.82) is 5.26 Å². The van der Waals surface area contributed by atoms with Gasteiger partial charge in [-0.1, -0.05) is 17.7 Å². The van der Waals surface area contributed by atoms with Gasteiger partial charge >= 0.3 is 0 Å². The van der Waals surface area contributed by atoms with Crippen LogP contribution in [0.2, 0.25) is 5.02 Å². The molecule has 0 radical (unpaired) electrons. The fourth-order valence-electron chi connectivity index (χ4n) is 1.77. The Kier molecular flexibility index (Phi) is 4.41. The first-order chi connectivity index (χ1) is 10.0. The number of amides is 1. The highest BCUT2D eigenvalue weighted by Gasteiger charge is 2.11. The lowest BCUT2D eigenvalue weighted by atomic mass is 10.1. The number of aryl methyl sites for hydroxylation is 1. The monoisotopic (exact) mass is 300 g/mol. The van der Waals surface area contributed by atoms with Crippen LogP contribution < -0.4 is 10.6 Å². The first-order valence-corrected chi connectivity index (χ1v) is 6.58. The van der Waals surface area contributed by atoms with Crippen LogP contribution in [0.5, 0.6) is 0 Å². The van der Waals surface area contributed by atoms with Crippen LogP contribution in [-0.2, 0) is 0 Å². The molecular formula is C15H13ClN4O. The number of rotatable bonds is 3. The third kappa shape index (κ3) is 3.30. The summed E-state index contributed by atoms with van der Waals surface area (Å²) in [6.07, 6.45) is 1.44. The Morgan fingerprint density at radius 3 is 2.76 bits per heavy atom. The van der Waals surface area contributed by atoms with E-state index in [1.165, 1.54) is 6.20 Å². The maximum atomic E-state index is 12.2. The number of aromatic nitrogens is 1. The number of carbonyl (C=O) groups is 1. The highest BCUT2D eigenvalue weighted by molar-refractivity contribution is 6.33. The van der Waals surface area contributed by atoms with E-state index >= 15 is 0 Å². The van der Waals surface area contributed by atoms with Crippen molar-refractivity contribution in [3.63, 3.8) is 0 Å². The van der Waals surface area contributed by atoms with E-state index in [2.05, 4.69) is 15.6 Å². The van der Waals surface area contributed by atoms with Crippen molar-refractivity contribution in [1.82, 2.24) is 4.98 Å². The molecule has 0 unspecified atom stereocenters. The minimum atomic E-state index is -0.328. The van der Waals surface area contributed by atoms with Crippen molar-refractivity contribution in [2.75, 3.05) is 17.7 Å². The quantitative estimate of drug-likeness (QED) is 0.912. The first kappa shape index (κ1) is 14.8. The molecule has 1 aromatic heterocycles. The summed E-state index contributed by atoms with van der Waals surface area (Å²) in [5.74, 6) is 0.182. The molecule has 21 heavy (non-hydrogen) atoms. The van der Waals surface area contributed by atoms with Gasteiger partial charge in [0, 0.05) is 18.9 Å². The van der Waals surface area contributed by atoms with Gasteiger partial charge in [-0.2, -0.15) is 5.26 Å². The van der Waals surface area contributed by atoms with Crippen molar-refractivity contribution in [2.24, 2.45) is 0 Å². The number of hydrogen-bond acceptors (Lipinski definition) is 4. The molecule has 106 valence electrons. The summed E-state index contributed by atoms with van der Waals surface area (Å²) in [4.78, 5) is 16.3. The van der Waals surface area contributed by atoms with Crippen molar-refractivity contribution < 1.29 is 4.79 Å². The van der Waals surface area contributed by atoms with Crippen LogP contribution in [-0.4, -0.2) is 17.9 Å². The number of nitriles is 1. The second-order valence-electron chi connectivity index (χ2n) is 4.40. The number of benzene rings is 1. The number of pyridine rings is 1. The summed E-state index contributed by atoms with van der Waals surface area (Å²) in [6, 6.07) is 8.69. The van der Waals surface area contributed by atoms with Crippen LogP contribution in [0.3, 0.4) is 0 Å². The van der Waals surface area contributed by atoms with E-state index < -0.39 is 0 Å². The Bertz CT molecular complexity index is 737. The standard InChI is InChI=1S/C15H13ClN4O/c1-9-3-4-10(7-17)5-13(9)20-15(21)11-6-12(16)14(18-2)19-8-11/h3-6,8H,1-2H3,(H,18,19)(H,20,21). The maximum absolute atomic E-state index is 12.2. The molecular weight excluding hydrogens is 288 g/mol. The van der Waals surface area contributed by atoms with Gasteiger partial charge in [0.15, 0.2) is 0 Å². The van der Waals surface area contributed by atoms with Gasteiger partial charge in [-0.15, -0.1) is 0 Å². The summed E-state index contributed by atoms with van der Waals surface area (Å²) in [5.41, 5.74) is 2.29. The maximum Gasteiger partial charge on any atom is 0.257 e. The normalized spacial score (nSPS) is 9.81. The van der Waals surface area contributed by atoms with Crippen LogP contribution in [0.1, 0.15) is 21.5 Å². The predicted octanol–water partition coefficient (Wildman–Crippen LogP) is 3.21. The molecule has 0 aliphatic carbocycles. The lowest BCUT2D eigenvalue weighted by Gasteiger charge is -2.09. The molecule has 0 bridgehead atoms. The van der Waals surface area contributed by atoms with E-state index in [9.17, 15) is 4.79 Å². The Hall–Kier alpha value is -2.58. The molecule has 2 aromatic rings. The van der Waals surface area contributed by atoms with Crippen LogP contribution >= 0.6 is 11.6 Å². The average Bonchev–Trinajstić information content (AvgIpc) is 2.49. The SMILES string of the molecule is CNc1ncc(C(=O)Nc2cc(C#N)ccc2C)cc1Cl. The molecule has 0 saturated carbocycles. The second kappa shape index (κ2) is 6.25. The van der Waals surface area contributed by atoms with Crippen LogP contribution in [0, 0.1) is 18.3 Å². The molecule has 0 spiro atoms. The van der Waals surface area contributed by atoms with Gasteiger partial charge in [0.2, 0.25) is 0 Å². The van der Waals surface area contributed by atoms with Gasteiger partial charge in [-0.3, -0.25) is 4.79 Å². The minimum Gasteiger partial charge on any atom is -0.372 e. The van der Waals surface area contributed by atoms with Gasteiger partial charge in [-0.05, 0) is 30.7 Å². The number of nitrogens with one attached hydrogen (secondary N) is 2. The Morgan fingerprint density at radius 1 is 1.38 bits per heavy atom. The van der Waals surface area contributed by atoms with Crippen LogP contribution in [0.4, 0.5) is 11.5 Å². The van der Waals surface area contributed by atoms with E-state index in [0.717, 1.165) is 5.56 Å². The third-order valence-electron chi connectivity index (χ3n) is 2.96. The van der Waals surface area contributed by atoms with Crippen molar-refractivity contribution in [3.05, 3.63) is 52.2 Å². The molecule has 6 heteroatoms. The Morgan fingerprint density at radius 2 is 2.14 bits per heavy atom. The van der Waals surface area contributed by atoms with Crippen molar-refractivity contribution >= 4 is 29.0 Å². The highest BCUT2D eigenvalue weighted by atomic mass is 35.5. The largest absolute Gasteiger partial charge is 0.372 e. The lowest BCUT2D eigenvalue weighted by molar-refractivity contribution is 0.102. The van der Waals surface area contributed by atoms with E-state index in [-0.39, 0.29) is 5.91 Å². The Labute approximate surface area is 127 Å². The number of halogens is 1. The van der Waals surface area contributed by atoms with Crippen molar-refractivity contribution in [3.8, 4) is 6.07 Å². The van der Waals surface area contributed by atoms with E-state index in [0.29, 0.717) is 27.7 Å². The molecule has 0 atom stereocenters. The fraction of sp³-hybridized carbons (Fsp3) is 0.133. The molecule has 0 aliphatic rings. The molecule has 1 amide bonds. The Balaban J connectivity index is 2.26. The lowest BCUT2D eigenvalue weighted by Crippen LogP contribution is -2.13. The summed E-state index contributed by atoms with van der Waals surface area (Å²) in [7, 11) is 1.70. The summed E-state index contributed by atoms with van der Waals surface area (Å²) in [5, 5.41) is 14.9. The minimum absolute atomic E-state index is 0.328. The number of nitrogens with zero attached hydrogens (tertiary/aromatic N) is 2. The zero-order valence-corrected chi connectivity index (χ0v) is 12.3.